The van der Waals surface area contributed by atoms with Crippen molar-refractivity contribution >= 4 is 40.3 Å². The maximum Gasteiger partial charge on any atom is 0.201 e. The molecule has 2 aromatic heterocycles. The van der Waals surface area contributed by atoms with Crippen molar-refractivity contribution in [1.29, 1.82) is 0 Å². The molecule has 0 fully saturated rings. The second-order valence-electron chi connectivity index (χ2n) is 6.43. The standard InChI is InChI=1S/C21H16F3N5OS/c1-2-25-20-16-11(9-26-21(16)28-10-27-20)19(30)17-13(23)7-8-14(18(17)24)29-31-15-6-4-3-5-12(15)22/h3-10,29H,2H2,1H3,(H2,25,26,27,28). The van der Waals surface area contributed by atoms with Crippen LogP contribution < -0.4 is 10.0 Å². The van der Waals surface area contributed by atoms with Crippen molar-refractivity contribution < 1.29 is 18.0 Å². The minimum Gasteiger partial charge on any atom is -0.370 e. The highest BCUT2D eigenvalue weighted by Crippen LogP contribution is 2.31. The second kappa shape index (κ2) is 8.68. The predicted molar refractivity (Wildman–Crippen MR) is 114 cm³/mol. The van der Waals surface area contributed by atoms with E-state index in [1.165, 1.54) is 30.7 Å². The van der Waals surface area contributed by atoms with E-state index >= 15 is 4.39 Å². The molecular formula is C21H16F3N5OS. The van der Waals surface area contributed by atoms with Crippen molar-refractivity contribution in [1.82, 2.24) is 15.0 Å². The minimum atomic E-state index is -1.08. The van der Waals surface area contributed by atoms with Crippen LogP contribution in [0.5, 0.6) is 0 Å². The van der Waals surface area contributed by atoms with Gasteiger partial charge in [0.15, 0.2) is 5.82 Å². The molecule has 0 aliphatic carbocycles. The van der Waals surface area contributed by atoms with Gasteiger partial charge in [-0.1, -0.05) is 12.1 Å². The molecule has 4 aromatic rings. The van der Waals surface area contributed by atoms with Gasteiger partial charge in [0, 0.05) is 12.7 Å². The van der Waals surface area contributed by atoms with Gasteiger partial charge >= 0.3 is 0 Å². The van der Waals surface area contributed by atoms with Gasteiger partial charge in [-0.2, -0.15) is 0 Å². The third-order valence-corrected chi connectivity index (χ3v) is 5.36. The van der Waals surface area contributed by atoms with Gasteiger partial charge in [0.1, 0.15) is 29.4 Å². The van der Waals surface area contributed by atoms with Gasteiger partial charge in [-0.05, 0) is 43.1 Å². The summed E-state index contributed by atoms with van der Waals surface area (Å²) >= 11 is 0.815. The van der Waals surface area contributed by atoms with Crippen LogP contribution in [0.3, 0.4) is 0 Å². The zero-order chi connectivity index (χ0) is 22.0. The number of anilines is 2. The molecule has 3 N–H and O–H groups in total. The summed E-state index contributed by atoms with van der Waals surface area (Å²) in [5.41, 5.74) is -0.491. The molecule has 0 radical (unpaired) electrons. The van der Waals surface area contributed by atoms with Gasteiger partial charge in [0.25, 0.3) is 0 Å². The van der Waals surface area contributed by atoms with Crippen LogP contribution in [-0.4, -0.2) is 27.3 Å². The Labute approximate surface area is 179 Å². The van der Waals surface area contributed by atoms with E-state index in [-0.39, 0.29) is 16.1 Å². The SMILES string of the molecule is CCNc1ncnc2[nH]cc(C(=O)c3c(F)ccc(NSc4ccccc4F)c3F)c12. The number of hydrogen-bond acceptors (Lipinski definition) is 6. The molecular weight excluding hydrogens is 427 g/mol. The lowest BCUT2D eigenvalue weighted by atomic mass is 10.0. The Hall–Kier alpha value is -3.53. The molecule has 0 spiro atoms. The van der Waals surface area contributed by atoms with E-state index in [9.17, 15) is 13.6 Å². The number of nitrogens with zero attached hydrogens (tertiary/aromatic N) is 2. The molecule has 0 aliphatic rings. The third kappa shape index (κ3) is 3.93. The molecule has 0 bridgehead atoms. The summed E-state index contributed by atoms with van der Waals surface area (Å²) in [4.78, 5) is 24.3. The molecule has 0 saturated carbocycles. The summed E-state index contributed by atoms with van der Waals surface area (Å²) in [5, 5.41) is 3.35. The fourth-order valence-corrected chi connectivity index (χ4v) is 3.74. The van der Waals surface area contributed by atoms with E-state index in [1.807, 2.05) is 6.92 Å². The summed E-state index contributed by atoms with van der Waals surface area (Å²) in [6.07, 6.45) is 2.66. The first-order valence-corrected chi connectivity index (χ1v) is 10.1. The van der Waals surface area contributed by atoms with Crippen molar-refractivity contribution in [3.63, 3.8) is 0 Å². The fraction of sp³-hybridized carbons (Fsp3) is 0.0952. The van der Waals surface area contributed by atoms with Crippen LogP contribution in [0.15, 0.2) is 53.8 Å². The fourth-order valence-electron chi connectivity index (χ4n) is 3.05. The van der Waals surface area contributed by atoms with Crippen molar-refractivity contribution in [2.24, 2.45) is 0 Å². The Morgan fingerprint density at radius 2 is 1.90 bits per heavy atom. The number of rotatable bonds is 7. The lowest BCUT2D eigenvalue weighted by molar-refractivity contribution is 0.103. The monoisotopic (exact) mass is 443 g/mol. The van der Waals surface area contributed by atoms with Gasteiger partial charge in [0.2, 0.25) is 5.78 Å². The Kier molecular flexibility index (Phi) is 5.81. The van der Waals surface area contributed by atoms with E-state index in [1.54, 1.807) is 6.07 Å². The molecule has 0 saturated heterocycles. The maximum absolute atomic E-state index is 15.1. The summed E-state index contributed by atoms with van der Waals surface area (Å²) in [6.45, 7) is 2.38. The Balaban J connectivity index is 1.72. The van der Waals surface area contributed by atoms with E-state index in [4.69, 9.17) is 0 Å². The second-order valence-corrected chi connectivity index (χ2v) is 7.27. The number of H-pyrrole nitrogens is 1. The van der Waals surface area contributed by atoms with Crippen LogP contribution in [0.4, 0.5) is 24.7 Å². The molecule has 0 unspecified atom stereocenters. The zero-order valence-electron chi connectivity index (χ0n) is 16.2. The molecule has 4 rings (SSSR count). The Bertz CT molecular complexity index is 1280. The topological polar surface area (TPSA) is 82.7 Å². The van der Waals surface area contributed by atoms with Gasteiger partial charge in [-0.15, -0.1) is 0 Å². The van der Waals surface area contributed by atoms with Gasteiger partial charge in [-0.25, -0.2) is 23.1 Å². The summed E-state index contributed by atoms with van der Waals surface area (Å²) in [6, 6.07) is 8.07. The first kappa shape index (κ1) is 20.7. The molecule has 6 nitrogen and oxygen atoms in total. The zero-order valence-corrected chi connectivity index (χ0v) is 17.0. The molecule has 10 heteroatoms. The van der Waals surface area contributed by atoms with Gasteiger partial charge in [-0.3, -0.25) is 4.79 Å². The maximum atomic E-state index is 15.1. The Morgan fingerprint density at radius 1 is 1.10 bits per heavy atom. The molecule has 2 aromatic carbocycles. The molecule has 31 heavy (non-hydrogen) atoms. The van der Waals surface area contributed by atoms with Crippen LogP contribution in [0.2, 0.25) is 0 Å². The van der Waals surface area contributed by atoms with Gasteiger partial charge in [0.05, 0.1) is 27.1 Å². The summed E-state index contributed by atoms with van der Waals surface area (Å²) in [5.74, 6) is -3.07. The van der Waals surface area contributed by atoms with E-state index in [0.717, 1.165) is 24.1 Å². The van der Waals surface area contributed by atoms with Crippen LogP contribution in [-0.2, 0) is 0 Å². The quantitative estimate of drug-likeness (QED) is 0.270. The molecule has 0 atom stereocenters. The van der Waals surface area contributed by atoms with Crippen LogP contribution in [0, 0.1) is 17.5 Å². The van der Waals surface area contributed by atoms with E-state index in [2.05, 4.69) is 25.0 Å². The van der Waals surface area contributed by atoms with Gasteiger partial charge < -0.3 is 15.0 Å². The number of benzene rings is 2. The number of halogens is 3. The van der Waals surface area contributed by atoms with Crippen LogP contribution in [0.1, 0.15) is 22.8 Å². The predicted octanol–water partition coefficient (Wildman–Crippen LogP) is 5.16. The van der Waals surface area contributed by atoms with E-state index < -0.39 is 28.8 Å². The molecule has 0 aliphatic heterocycles. The number of nitrogens with one attached hydrogen (secondary N) is 3. The summed E-state index contributed by atoms with van der Waals surface area (Å²) < 4.78 is 46.1. The van der Waals surface area contributed by atoms with E-state index in [0.29, 0.717) is 23.4 Å². The average Bonchev–Trinajstić information content (AvgIpc) is 3.20. The number of carbonyl (C=O) groups excluding carboxylic acids is 1. The number of fused-ring (bicyclic) bond motifs is 1. The highest BCUT2D eigenvalue weighted by Gasteiger charge is 2.26. The van der Waals surface area contributed by atoms with Crippen molar-refractivity contribution in [2.75, 3.05) is 16.6 Å². The molecule has 158 valence electrons. The van der Waals surface area contributed by atoms with Crippen molar-refractivity contribution in [3.05, 3.63) is 77.5 Å². The lowest BCUT2D eigenvalue weighted by Crippen LogP contribution is -2.10. The molecule has 2 heterocycles. The number of ketones is 1. The summed E-state index contributed by atoms with van der Waals surface area (Å²) in [7, 11) is 0. The first-order chi connectivity index (χ1) is 15.0. The van der Waals surface area contributed by atoms with Crippen molar-refractivity contribution in [2.45, 2.75) is 11.8 Å². The van der Waals surface area contributed by atoms with Crippen LogP contribution >= 0.6 is 11.9 Å². The number of aromatic nitrogens is 3. The Morgan fingerprint density at radius 3 is 2.68 bits per heavy atom. The van der Waals surface area contributed by atoms with Crippen molar-refractivity contribution in [3.8, 4) is 0 Å². The first-order valence-electron chi connectivity index (χ1n) is 9.27. The lowest BCUT2D eigenvalue weighted by Gasteiger charge is -2.11. The minimum absolute atomic E-state index is 0.0308. The number of aromatic amines is 1. The number of carbonyl (C=O) groups is 1. The highest BCUT2D eigenvalue weighted by molar-refractivity contribution is 8.00. The third-order valence-electron chi connectivity index (χ3n) is 4.48. The highest BCUT2D eigenvalue weighted by atomic mass is 32.2. The largest absolute Gasteiger partial charge is 0.370 e. The average molecular weight is 443 g/mol. The smallest absolute Gasteiger partial charge is 0.201 e. The normalized spacial score (nSPS) is 11.0. The van der Waals surface area contributed by atoms with Crippen LogP contribution in [0.25, 0.3) is 11.0 Å². The molecule has 0 amide bonds. The number of hydrogen-bond donors (Lipinski definition) is 3.